The van der Waals surface area contributed by atoms with Gasteiger partial charge in [0.05, 0.1) is 12.2 Å². The molecule has 11 heteroatoms. The van der Waals surface area contributed by atoms with Crippen LogP contribution in [0.2, 0.25) is 0 Å². The first-order valence-corrected chi connectivity index (χ1v) is 7.25. The van der Waals surface area contributed by atoms with Crippen molar-refractivity contribution < 1.29 is 60.4 Å². The third kappa shape index (κ3) is 27.6. The second-order valence-corrected chi connectivity index (χ2v) is 5.02. The molecule has 0 bridgehead atoms. The topological polar surface area (TPSA) is 129 Å². The van der Waals surface area contributed by atoms with E-state index in [4.69, 9.17) is 0 Å². The molecule has 0 rings (SSSR count). The summed E-state index contributed by atoms with van der Waals surface area (Å²) in [5, 5.41) is 4.55. The first-order chi connectivity index (χ1) is 11.0. The molecule has 2 N–H and O–H groups in total. The van der Waals surface area contributed by atoms with E-state index in [9.17, 15) is 19.2 Å². The van der Waals surface area contributed by atoms with Gasteiger partial charge in [-0.15, -0.1) is 0 Å². The number of amides is 2. The van der Waals surface area contributed by atoms with E-state index in [1.54, 1.807) is 27.7 Å². The van der Waals surface area contributed by atoms with Crippen molar-refractivity contribution in [2.75, 3.05) is 13.1 Å². The van der Waals surface area contributed by atoms with Crippen molar-refractivity contribution in [2.24, 2.45) is 0 Å². The molecule has 0 fully saturated rings. The maximum absolute atomic E-state index is 10.7. The normalized spacial score (nSPS) is 9.28. The van der Waals surface area contributed by atoms with E-state index in [2.05, 4.69) is 30.2 Å². The Morgan fingerprint density at radius 2 is 1.00 bits per heavy atom. The quantitative estimate of drug-likeness (QED) is 0.332. The molecule has 0 aromatic heterocycles. The molecule has 0 aliphatic rings. The van der Waals surface area contributed by atoms with Crippen LogP contribution in [0.5, 0.6) is 0 Å². The Balaban J connectivity index is -0.000000372. The molecule has 0 unspecified atom stereocenters. The fraction of sp³-hybridized carbons (Fsp3) is 0.714. The predicted octanol–water partition coefficient (Wildman–Crippen LogP) is 0.00890. The molecule has 0 radical (unpaired) electrons. The molecule has 0 aliphatic carbocycles. The Morgan fingerprint density at radius 3 is 1.20 bits per heavy atom. The van der Waals surface area contributed by atoms with Crippen molar-refractivity contribution in [2.45, 2.75) is 53.8 Å². The van der Waals surface area contributed by atoms with Crippen molar-refractivity contribution in [3.05, 3.63) is 0 Å². The molecular weight excluding hydrogens is 372 g/mol. The molecule has 0 aromatic carbocycles. The summed E-state index contributed by atoms with van der Waals surface area (Å²) in [5.74, 6) is -1.79. The molecule has 2 amide bonds. The van der Waals surface area contributed by atoms with E-state index >= 15 is 0 Å². The van der Waals surface area contributed by atoms with E-state index in [1.807, 2.05) is 0 Å². The summed E-state index contributed by atoms with van der Waals surface area (Å²) >= 11 is 0. The predicted molar refractivity (Wildman–Crippen MR) is 82.0 cm³/mol. The van der Waals surface area contributed by atoms with Gasteiger partial charge < -0.3 is 10.6 Å². The van der Waals surface area contributed by atoms with Crippen LogP contribution >= 0.6 is 0 Å². The van der Waals surface area contributed by atoms with Gasteiger partial charge in [-0.1, -0.05) is 0 Å². The Morgan fingerprint density at radius 1 is 0.720 bits per heavy atom. The zero-order valence-corrected chi connectivity index (χ0v) is 16.9. The van der Waals surface area contributed by atoms with E-state index in [0.29, 0.717) is 0 Å². The zero-order chi connectivity index (χ0) is 19.1. The third-order valence-corrected chi connectivity index (χ3v) is 1.63. The smallest absolute Gasteiger partial charge is 0.345 e. The van der Waals surface area contributed by atoms with Crippen LogP contribution in [-0.2, 0) is 60.4 Å². The van der Waals surface area contributed by atoms with Crippen molar-refractivity contribution in [3.63, 3.8) is 0 Å². The Hall–Kier alpha value is -1.49. The SMILES string of the molecule is CC(=O)NCC(=O)OOC(C)C.CC(=O)NCC(=O)OOC(C)C.[Ti]. The fourth-order valence-corrected chi connectivity index (χ4v) is 0.752. The summed E-state index contributed by atoms with van der Waals surface area (Å²) in [7, 11) is 0. The number of hydrogen-bond acceptors (Lipinski definition) is 8. The monoisotopic (exact) mass is 398 g/mol. The molecule has 0 spiro atoms. The molecule has 0 heterocycles. The Labute approximate surface area is 162 Å². The Bertz CT molecular complexity index is 378. The number of nitrogens with one attached hydrogen (secondary N) is 2. The van der Waals surface area contributed by atoms with Gasteiger partial charge in [0.15, 0.2) is 0 Å². The van der Waals surface area contributed by atoms with Gasteiger partial charge in [0.2, 0.25) is 11.8 Å². The third-order valence-electron chi connectivity index (χ3n) is 1.63. The maximum atomic E-state index is 10.7. The molecule has 10 nitrogen and oxygen atoms in total. The van der Waals surface area contributed by atoms with E-state index in [1.165, 1.54) is 13.8 Å². The molecule has 0 aromatic rings. The molecule has 0 atom stereocenters. The summed E-state index contributed by atoms with van der Waals surface area (Å²) in [6.45, 7) is 9.21. The minimum Gasteiger partial charge on any atom is -0.345 e. The van der Waals surface area contributed by atoms with Gasteiger partial charge in [-0.3, -0.25) is 19.4 Å². The molecular formula is C14H26N2O8Ti. The number of carbonyl (C=O) groups excluding carboxylic acids is 4. The van der Waals surface area contributed by atoms with Crippen LogP contribution in [0.25, 0.3) is 0 Å². The van der Waals surface area contributed by atoms with Gasteiger partial charge in [-0.05, 0) is 27.7 Å². The van der Waals surface area contributed by atoms with Gasteiger partial charge in [-0.25, -0.2) is 9.59 Å². The molecule has 144 valence electrons. The van der Waals surface area contributed by atoms with E-state index in [-0.39, 0.29) is 58.8 Å². The van der Waals surface area contributed by atoms with Crippen LogP contribution in [-0.4, -0.2) is 49.1 Å². The minimum atomic E-state index is -0.612. The average Bonchev–Trinajstić information content (AvgIpc) is 2.47. The molecule has 25 heavy (non-hydrogen) atoms. The summed E-state index contributed by atoms with van der Waals surface area (Å²) in [4.78, 5) is 59.7. The summed E-state index contributed by atoms with van der Waals surface area (Å²) in [5.41, 5.74) is 0. The van der Waals surface area contributed by atoms with Crippen LogP contribution in [0.3, 0.4) is 0 Å². The second-order valence-electron chi connectivity index (χ2n) is 5.02. The largest absolute Gasteiger partial charge is 0.361 e. The molecule has 0 aliphatic heterocycles. The van der Waals surface area contributed by atoms with Crippen LogP contribution in [0.1, 0.15) is 41.5 Å². The average molecular weight is 398 g/mol. The fourth-order valence-electron chi connectivity index (χ4n) is 0.752. The number of carbonyl (C=O) groups is 4. The summed E-state index contributed by atoms with van der Waals surface area (Å²) in [6.07, 6.45) is -0.349. The summed E-state index contributed by atoms with van der Waals surface area (Å²) in [6, 6.07) is 0. The van der Waals surface area contributed by atoms with Gasteiger partial charge in [0.25, 0.3) is 0 Å². The van der Waals surface area contributed by atoms with Crippen molar-refractivity contribution >= 4 is 23.8 Å². The van der Waals surface area contributed by atoms with Crippen LogP contribution in [0, 0.1) is 0 Å². The first-order valence-electron chi connectivity index (χ1n) is 7.25. The summed E-state index contributed by atoms with van der Waals surface area (Å²) < 4.78 is 0. The number of rotatable bonds is 8. The van der Waals surface area contributed by atoms with Crippen molar-refractivity contribution in [3.8, 4) is 0 Å². The van der Waals surface area contributed by atoms with Crippen LogP contribution < -0.4 is 10.6 Å². The minimum absolute atomic E-state index is 0. The van der Waals surface area contributed by atoms with Crippen molar-refractivity contribution in [1.29, 1.82) is 0 Å². The van der Waals surface area contributed by atoms with E-state index in [0.717, 1.165) is 0 Å². The van der Waals surface area contributed by atoms with Gasteiger partial charge in [-0.2, -0.15) is 9.78 Å². The van der Waals surface area contributed by atoms with Crippen LogP contribution in [0.15, 0.2) is 0 Å². The van der Waals surface area contributed by atoms with Gasteiger partial charge in [0, 0.05) is 35.6 Å². The molecule has 0 saturated heterocycles. The zero-order valence-electron chi connectivity index (χ0n) is 15.3. The van der Waals surface area contributed by atoms with Gasteiger partial charge >= 0.3 is 11.9 Å². The van der Waals surface area contributed by atoms with Gasteiger partial charge in [0.1, 0.15) is 13.1 Å². The molecule has 0 saturated carbocycles. The van der Waals surface area contributed by atoms with E-state index < -0.39 is 11.9 Å². The maximum Gasteiger partial charge on any atom is 0.361 e. The standard InChI is InChI=1S/2C7H13NO4.Ti/c2*1-5(2)11-12-7(10)4-8-6(3)9;/h2*5H,4H2,1-3H3,(H,8,9);. The number of hydrogen-bond donors (Lipinski definition) is 2. The van der Waals surface area contributed by atoms with Crippen molar-refractivity contribution in [1.82, 2.24) is 10.6 Å². The first kappa shape index (κ1) is 28.3. The Kier molecular flexibility index (Phi) is 19.6. The van der Waals surface area contributed by atoms with Crippen LogP contribution in [0.4, 0.5) is 0 Å². The second kappa shape index (κ2) is 17.3.